The van der Waals surface area contributed by atoms with Crippen LogP contribution in [0.25, 0.3) is 21.5 Å². The monoisotopic (exact) mass is 331 g/mol. The van der Waals surface area contributed by atoms with Crippen molar-refractivity contribution in [2.75, 3.05) is 32.8 Å². The van der Waals surface area contributed by atoms with E-state index in [4.69, 9.17) is 4.74 Å². The Morgan fingerprint density at radius 2 is 1.72 bits per heavy atom. The third-order valence-electron chi connectivity index (χ3n) is 6.08. The molecule has 0 spiro atoms. The highest BCUT2D eigenvalue weighted by atomic mass is 16.5. The SMILES string of the molecule is c1ccc2c(c1)ccc1c3c(ccc12)C(CN1CCOCC1)CCC3. The summed E-state index contributed by atoms with van der Waals surface area (Å²) in [5.74, 6) is 0.678. The molecule has 5 rings (SSSR count). The smallest absolute Gasteiger partial charge is 0.0594 e. The second-order valence-electron chi connectivity index (χ2n) is 7.52. The van der Waals surface area contributed by atoms with Crippen LogP contribution in [-0.4, -0.2) is 37.7 Å². The van der Waals surface area contributed by atoms with Gasteiger partial charge in [-0.1, -0.05) is 48.5 Å². The highest BCUT2D eigenvalue weighted by Crippen LogP contribution is 2.38. The summed E-state index contributed by atoms with van der Waals surface area (Å²) < 4.78 is 5.52. The van der Waals surface area contributed by atoms with Gasteiger partial charge in [0.05, 0.1) is 13.2 Å². The van der Waals surface area contributed by atoms with Gasteiger partial charge >= 0.3 is 0 Å². The average molecular weight is 331 g/mol. The molecule has 1 fully saturated rings. The molecule has 0 N–H and O–H groups in total. The van der Waals surface area contributed by atoms with E-state index < -0.39 is 0 Å². The number of aryl methyl sites for hydroxylation is 1. The minimum Gasteiger partial charge on any atom is -0.379 e. The molecule has 1 heterocycles. The second-order valence-corrected chi connectivity index (χ2v) is 7.52. The first-order valence-corrected chi connectivity index (χ1v) is 9.63. The van der Waals surface area contributed by atoms with E-state index in [0.29, 0.717) is 5.92 Å². The Bertz CT molecular complexity index is 911. The van der Waals surface area contributed by atoms with E-state index >= 15 is 0 Å². The molecule has 1 aliphatic heterocycles. The van der Waals surface area contributed by atoms with Crippen molar-refractivity contribution in [3.63, 3.8) is 0 Å². The minimum atomic E-state index is 0.678. The number of rotatable bonds is 2. The maximum atomic E-state index is 5.52. The van der Waals surface area contributed by atoms with Crippen molar-refractivity contribution in [2.24, 2.45) is 0 Å². The van der Waals surface area contributed by atoms with Crippen LogP contribution < -0.4 is 0 Å². The average Bonchev–Trinajstić information content (AvgIpc) is 2.68. The van der Waals surface area contributed by atoms with E-state index in [2.05, 4.69) is 53.4 Å². The van der Waals surface area contributed by atoms with E-state index in [-0.39, 0.29) is 0 Å². The first kappa shape index (κ1) is 15.4. The maximum Gasteiger partial charge on any atom is 0.0594 e. The van der Waals surface area contributed by atoms with Crippen molar-refractivity contribution < 1.29 is 4.74 Å². The normalized spacial score (nSPS) is 21.5. The van der Waals surface area contributed by atoms with Gasteiger partial charge in [-0.3, -0.25) is 4.90 Å². The molecule has 0 radical (unpaired) electrons. The number of nitrogens with zero attached hydrogens (tertiary/aromatic N) is 1. The Hall–Kier alpha value is -1.90. The van der Waals surface area contributed by atoms with Crippen LogP contribution in [0.5, 0.6) is 0 Å². The van der Waals surface area contributed by atoms with Gasteiger partial charge in [0.25, 0.3) is 0 Å². The van der Waals surface area contributed by atoms with Crippen LogP contribution in [0.3, 0.4) is 0 Å². The quantitative estimate of drug-likeness (QED) is 0.629. The van der Waals surface area contributed by atoms with Crippen LogP contribution in [0.15, 0.2) is 48.5 Å². The van der Waals surface area contributed by atoms with Crippen molar-refractivity contribution in [3.05, 3.63) is 59.7 Å². The van der Waals surface area contributed by atoms with Gasteiger partial charge in [0, 0.05) is 19.6 Å². The summed E-state index contributed by atoms with van der Waals surface area (Å²) in [6, 6.07) is 18.2. The molecule has 0 saturated carbocycles. The Labute approximate surface area is 149 Å². The number of ether oxygens (including phenoxy) is 1. The summed E-state index contributed by atoms with van der Waals surface area (Å²) in [7, 11) is 0. The second kappa shape index (κ2) is 6.44. The molecule has 3 aromatic carbocycles. The molecule has 1 atom stereocenters. The molecule has 128 valence electrons. The standard InChI is InChI=1S/C23H25NO/c1-2-6-19-17(4-1)8-9-23-21-7-3-5-18(20(21)10-11-22(19)23)16-24-12-14-25-15-13-24/h1-2,4,6,8-11,18H,3,5,7,12-16H2. The van der Waals surface area contributed by atoms with Gasteiger partial charge < -0.3 is 4.74 Å². The number of hydrogen-bond acceptors (Lipinski definition) is 2. The van der Waals surface area contributed by atoms with E-state index in [1.165, 1.54) is 47.4 Å². The molecule has 2 heteroatoms. The first-order valence-electron chi connectivity index (χ1n) is 9.63. The number of morpholine rings is 1. The van der Waals surface area contributed by atoms with Crippen LogP contribution in [0.2, 0.25) is 0 Å². The van der Waals surface area contributed by atoms with Crippen molar-refractivity contribution in [1.82, 2.24) is 4.90 Å². The van der Waals surface area contributed by atoms with Crippen LogP contribution in [0, 0.1) is 0 Å². The lowest BCUT2D eigenvalue weighted by Crippen LogP contribution is -2.39. The van der Waals surface area contributed by atoms with Gasteiger partial charge in [-0.15, -0.1) is 0 Å². The van der Waals surface area contributed by atoms with Crippen LogP contribution >= 0.6 is 0 Å². The molecule has 1 unspecified atom stereocenters. The summed E-state index contributed by atoms with van der Waals surface area (Å²) in [5, 5.41) is 5.63. The summed E-state index contributed by atoms with van der Waals surface area (Å²) in [4.78, 5) is 2.59. The zero-order chi connectivity index (χ0) is 16.6. The van der Waals surface area contributed by atoms with Crippen molar-refractivity contribution in [2.45, 2.75) is 25.2 Å². The Balaban J connectivity index is 1.57. The Morgan fingerprint density at radius 1 is 0.880 bits per heavy atom. The molecule has 0 amide bonds. The van der Waals surface area contributed by atoms with Crippen molar-refractivity contribution in [1.29, 1.82) is 0 Å². The largest absolute Gasteiger partial charge is 0.379 e. The fourth-order valence-corrected chi connectivity index (χ4v) is 4.79. The highest BCUT2D eigenvalue weighted by Gasteiger charge is 2.24. The Kier molecular flexibility index (Phi) is 3.95. The van der Waals surface area contributed by atoms with Gasteiger partial charge in [-0.25, -0.2) is 0 Å². The molecule has 3 aromatic rings. The van der Waals surface area contributed by atoms with E-state index in [9.17, 15) is 0 Å². The predicted octanol–water partition coefficient (Wildman–Crippen LogP) is 4.75. The molecule has 25 heavy (non-hydrogen) atoms. The predicted molar refractivity (Wildman–Crippen MR) is 104 cm³/mol. The Morgan fingerprint density at radius 3 is 2.64 bits per heavy atom. The van der Waals surface area contributed by atoms with Gasteiger partial charge in [0.15, 0.2) is 0 Å². The van der Waals surface area contributed by atoms with E-state index in [1.807, 2.05) is 0 Å². The summed E-state index contributed by atoms with van der Waals surface area (Å²) in [5.41, 5.74) is 3.20. The third kappa shape index (κ3) is 2.74. The van der Waals surface area contributed by atoms with E-state index in [1.54, 1.807) is 11.1 Å². The zero-order valence-electron chi connectivity index (χ0n) is 14.7. The highest BCUT2D eigenvalue weighted by molar-refractivity contribution is 6.08. The molecule has 0 bridgehead atoms. The first-order chi connectivity index (χ1) is 12.4. The molecule has 2 aliphatic rings. The number of hydrogen-bond donors (Lipinski definition) is 0. The number of fused-ring (bicyclic) bond motifs is 5. The molecule has 1 aliphatic carbocycles. The minimum absolute atomic E-state index is 0.678. The summed E-state index contributed by atoms with van der Waals surface area (Å²) in [6.45, 7) is 5.15. The van der Waals surface area contributed by atoms with Crippen molar-refractivity contribution >= 4 is 21.5 Å². The number of benzene rings is 3. The third-order valence-corrected chi connectivity index (χ3v) is 6.08. The lowest BCUT2D eigenvalue weighted by molar-refractivity contribution is 0.0343. The molecule has 0 aromatic heterocycles. The van der Waals surface area contributed by atoms with Crippen molar-refractivity contribution in [3.8, 4) is 0 Å². The molecular formula is C23H25NO. The van der Waals surface area contributed by atoms with Gasteiger partial charge in [0.1, 0.15) is 0 Å². The zero-order valence-corrected chi connectivity index (χ0v) is 14.7. The maximum absolute atomic E-state index is 5.52. The van der Waals surface area contributed by atoms with Gasteiger partial charge in [-0.05, 0) is 57.9 Å². The van der Waals surface area contributed by atoms with Crippen LogP contribution in [-0.2, 0) is 11.2 Å². The topological polar surface area (TPSA) is 12.5 Å². The lowest BCUT2D eigenvalue weighted by atomic mass is 9.79. The fraction of sp³-hybridized carbons (Fsp3) is 0.391. The summed E-state index contributed by atoms with van der Waals surface area (Å²) >= 11 is 0. The van der Waals surface area contributed by atoms with Crippen LogP contribution in [0.1, 0.15) is 29.9 Å². The molecule has 2 nitrogen and oxygen atoms in total. The molecule has 1 saturated heterocycles. The summed E-state index contributed by atoms with van der Waals surface area (Å²) in [6.07, 6.45) is 3.86. The fourth-order valence-electron chi connectivity index (χ4n) is 4.79. The van der Waals surface area contributed by atoms with Gasteiger partial charge in [-0.2, -0.15) is 0 Å². The molecular weight excluding hydrogens is 306 g/mol. The van der Waals surface area contributed by atoms with E-state index in [0.717, 1.165) is 26.3 Å². The van der Waals surface area contributed by atoms with Crippen LogP contribution in [0.4, 0.5) is 0 Å². The lowest BCUT2D eigenvalue weighted by Gasteiger charge is -2.34. The van der Waals surface area contributed by atoms with Gasteiger partial charge in [0.2, 0.25) is 0 Å².